The lowest BCUT2D eigenvalue weighted by atomic mass is 10.1. The Bertz CT molecular complexity index is 312. The first-order valence-corrected chi connectivity index (χ1v) is 4.37. The maximum absolute atomic E-state index is 11.4. The van der Waals surface area contributed by atoms with Crippen molar-refractivity contribution in [3.8, 4) is 0 Å². The van der Waals surface area contributed by atoms with Gasteiger partial charge in [0, 0.05) is 12.1 Å². The van der Waals surface area contributed by atoms with Gasteiger partial charge < -0.3 is 15.5 Å². The van der Waals surface area contributed by atoms with E-state index < -0.39 is 0 Å². The molecule has 0 bridgehead atoms. The summed E-state index contributed by atoms with van der Waals surface area (Å²) in [5.74, 6) is -0.241. The highest BCUT2D eigenvalue weighted by atomic mass is 16.3. The van der Waals surface area contributed by atoms with Crippen molar-refractivity contribution in [2.24, 2.45) is 0 Å². The number of nitrogens with one attached hydrogen (secondary N) is 1. The second kappa shape index (κ2) is 5.36. The largest absolute Gasteiger partial charge is 0.395 e. The van der Waals surface area contributed by atoms with E-state index in [9.17, 15) is 4.79 Å². The Hall–Kier alpha value is -1.39. The third-order valence-electron chi connectivity index (χ3n) is 1.77. The molecule has 3 N–H and O–H groups in total. The molecule has 0 heterocycles. The first-order valence-electron chi connectivity index (χ1n) is 4.37. The average molecular weight is 195 g/mol. The summed E-state index contributed by atoms with van der Waals surface area (Å²) < 4.78 is 0. The van der Waals surface area contributed by atoms with Crippen molar-refractivity contribution in [1.82, 2.24) is 5.32 Å². The second-order valence-electron chi connectivity index (χ2n) is 2.84. The summed E-state index contributed by atoms with van der Waals surface area (Å²) in [6, 6.07) is 6.72. The van der Waals surface area contributed by atoms with Crippen LogP contribution in [0.3, 0.4) is 0 Å². The zero-order valence-electron chi connectivity index (χ0n) is 7.73. The summed E-state index contributed by atoms with van der Waals surface area (Å²) in [6.07, 6.45) is 0. The maximum atomic E-state index is 11.4. The van der Waals surface area contributed by atoms with E-state index in [1.165, 1.54) is 0 Å². The van der Waals surface area contributed by atoms with E-state index in [4.69, 9.17) is 10.2 Å². The summed E-state index contributed by atoms with van der Waals surface area (Å²) in [5.41, 5.74) is 1.19. The first kappa shape index (κ1) is 10.7. The molecule has 0 aliphatic carbocycles. The lowest BCUT2D eigenvalue weighted by Crippen LogP contribution is -2.26. The molecule has 0 saturated heterocycles. The minimum Gasteiger partial charge on any atom is -0.395 e. The van der Waals surface area contributed by atoms with Crippen molar-refractivity contribution < 1.29 is 15.0 Å². The zero-order valence-corrected chi connectivity index (χ0v) is 7.73. The van der Waals surface area contributed by atoms with Crippen LogP contribution >= 0.6 is 0 Å². The smallest absolute Gasteiger partial charge is 0.251 e. The number of aliphatic hydroxyl groups is 2. The Balaban J connectivity index is 2.69. The van der Waals surface area contributed by atoms with Crippen LogP contribution < -0.4 is 5.32 Å². The van der Waals surface area contributed by atoms with Crippen molar-refractivity contribution in [3.05, 3.63) is 35.4 Å². The van der Waals surface area contributed by atoms with E-state index in [1.54, 1.807) is 24.3 Å². The van der Waals surface area contributed by atoms with Crippen LogP contribution in [0, 0.1) is 0 Å². The van der Waals surface area contributed by atoms with Gasteiger partial charge in [-0.15, -0.1) is 0 Å². The number of carbonyl (C=O) groups is 1. The Labute approximate surface area is 82.2 Å². The summed E-state index contributed by atoms with van der Waals surface area (Å²) in [4.78, 5) is 11.4. The summed E-state index contributed by atoms with van der Waals surface area (Å²) in [7, 11) is 0. The molecule has 76 valence electrons. The number of carbonyl (C=O) groups excluding carboxylic acids is 1. The topological polar surface area (TPSA) is 69.6 Å². The predicted molar refractivity (Wildman–Crippen MR) is 51.8 cm³/mol. The molecule has 14 heavy (non-hydrogen) atoms. The van der Waals surface area contributed by atoms with Crippen molar-refractivity contribution in [2.45, 2.75) is 6.61 Å². The molecule has 1 aromatic carbocycles. The van der Waals surface area contributed by atoms with Gasteiger partial charge >= 0.3 is 0 Å². The number of hydrogen-bond acceptors (Lipinski definition) is 3. The Morgan fingerprint density at radius 2 is 2.14 bits per heavy atom. The molecule has 0 unspecified atom stereocenters. The van der Waals surface area contributed by atoms with Crippen LogP contribution in [0.5, 0.6) is 0 Å². The number of hydrogen-bond donors (Lipinski definition) is 3. The fourth-order valence-electron chi connectivity index (χ4n) is 1.08. The summed E-state index contributed by atoms with van der Waals surface area (Å²) in [5, 5.41) is 19.9. The molecule has 4 heteroatoms. The van der Waals surface area contributed by atoms with E-state index in [2.05, 4.69) is 5.32 Å². The van der Waals surface area contributed by atoms with Crippen LogP contribution in [0.15, 0.2) is 24.3 Å². The molecule has 0 atom stereocenters. The van der Waals surface area contributed by atoms with E-state index >= 15 is 0 Å². The zero-order chi connectivity index (χ0) is 10.4. The van der Waals surface area contributed by atoms with Gasteiger partial charge in [0.1, 0.15) is 0 Å². The molecule has 1 aromatic rings. The Morgan fingerprint density at radius 1 is 1.36 bits per heavy atom. The van der Waals surface area contributed by atoms with Gasteiger partial charge in [0.05, 0.1) is 13.2 Å². The van der Waals surface area contributed by atoms with E-state index in [0.717, 1.165) is 0 Å². The highest BCUT2D eigenvalue weighted by Crippen LogP contribution is 2.04. The van der Waals surface area contributed by atoms with Gasteiger partial charge in [0.15, 0.2) is 0 Å². The third kappa shape index (κ3) is 2.83. The summed E-state index contributed by atoms with van der Waals surface area (Å²) in [6.45, 7) is 0.0781. The van der Waals surface area contributed by atoms with Gasteiger partial charge in [-0.1, -0.05) is 12.1 Å². The van der Waals surface area contributed by atoms with Crippen molar-refractivity contribution in [2.75, 3.05) is 13.2 Å². The van der Waals surface area contributed by atoms with Crippen LogP contribution in [0.1, 0.15) is 15.9 Å². The van der Waals surface area contributed by atoms with Crippen LogP contribution in [0.25, 0.3) is 0 Å². The quantitative estimate of drug-likeness (QED) is 0.628. The minimum absolute atomic E-state index is 0.0779. The molecular formula is C10H13NO3. The van der Waals surface area contributed by atoms with Gasteiger partial charge in [-0.05, 0) is 17.7 Å². The SMILES string of the molecule is O=C(NCCO)c1cccc(CO)c1. The molecule has 0 aliphatic heterocycles. The number of rotatable bonds is 4. The normalized spacial score (nSPS) is 9.86. The molecule has 0 aromatic heterocycles. The molecular weight excluding hydrogens is 182 g/mol. The van der Waals surface area contributed by atoms with Gasteiger partial charge in [-0.3, -0.25) is 4.79 Å². The van der Waals surface area contributed by atoms with E-state index in [1.807, 2.05) is 0 Å². The van der Waals surface area contributed by atoms with E-state index in [0.29, 0.717) is 11.1 Å². The first-order chi connectivity index (χ1) is 6.77. The Kier molecular flexibility index (Phi) is 4.10. The highest BCUT2D eigenvalue weighted by molar-refractivity contribution is 5.94. The van der Waals surface area contributed by atoms with Gasteiger partial charge in [-0.25, -0.2) is 0 Å². The molecule has 4 nitrogen and oxygen atoms in total. The number of aliphatic hydroxyl groups excluding tert-OH is 2. The molecule has 0 saturated carbocycles. The van der Waals surface area contributed by atoms with Crippen molar-refractivity contribution in [1.29, 1.82) is 0 Å². The highest BCUT2D eigenvalue weighted by Gasteiger charge is 2.04. The van der Waals surface area contributed by atoms with Crippen LogP contribution in [0.2, 0.25) is 0 Å². The van der Waals surface area contributed by atoms with Crippen LogP contribution in [-0.2, 0) is 6.61 Å². The van der Waals surface area contributed by atoms with Gasteiger partial charge in [0.25, 0.3) is 5.91 Å². The fourth-order valence-corrected chi connectivity index (χ4v) is 1.08. The van der Waals surface area contributed by atoms with E-state index in [-0.39, 0.29) is 25.7 Å². The standard InChI is InChI=1S/C10H13NO3/c12-5-4-11-10(14)9-3-1-2-8(6-9)7-13/h1-3,6,12-13H,4-5,7H2,(H,11,14). The lowest BCUT2D eigenvalue weighted by Gasteiger charge is -2.04. The molecule has 0 radical (unpaired) electrons. The molecule has 1 rings (SSSR count). The van der Waals surface area contributed by atoms with Crippen molar-refractivity contribution >= 4 is 5.91 Å². The van der Waals surface area contributed by atoms with Gasteiger partial charge in [0.2, 0.25) is 0 Å². The van der Waals surface area contributed by atoms with Crippen LogP contribution in [0.4, 0.5) is 0 Å². The molecule has 1 amide bonds. The molecule has 0 fully saturated rings. The fraction of sp³-hybridized carbons (Fsp3) is 0.300. The van der Waals surface area contributed by atoms with Crippen LogP contribution in [-0.4, -0.2) is 29.3 Å². The molecule has 0 aliphatic rings. The monoisotopic (exact) mass is 195 g/mol. The summed E-state index contributed by atoms with van der Waals surface area (Å²) >= 11 is 0. The predicted octanol–water partition coefficient (Wildman–Crippen LogP) is -0.0990. The minimum atomic E-state index is -0.241. The third-order valence-corrected chi connectivity index (χ3v) is 1.77. The average Bonchev–Trinajstić information content (AvgIpc) is 2.26. The Morgan fingerprint density at radius 3 is 2.79 bits per heavy atom. The van der Waals surface area contributed by atoms with Gasteiger partial charge in [-0.2, -0.15) is 0 Å². The molecule has 0 spiro atoms. The maximum Gasteiger partial charge on any atom is 0.251 e. The number of amides is 1. The second-order valence-corrected chi connectivity index (χ2v) is 2.84. The van der Waals surface area contributed by atoms with Crippen molar-refractivity contribution in [3.63, 3.8) is 0 Å². The number of benzene rings is 1. The lowest BCUT2D eigenvalue weighted by molar-refractivity contribution is 0.0944.